The lowest BCUT2D eigenvalue weighted by Gasteiger charge is -2.17. The Balaban J connectivity index is 3.76. The second-order valence-electron chi connectivity index (χ2n) is 4.04. The lowest BCUT2D eigenvalue weighted by atomic mass is 9.91. The summed E-state index contributed by atoms with van der Waals surface area (Å²) < 4.78 is 0. The van der Waals surface area contributed by atoms with E-state index in [-0.39, 0.29) is 17.4 Å². The summed E-state index contributed by atoms with van der Waals surface area (Å²) in [6, 6.07) is 2.02. The van der Waals surface area contributed by atoms with E-state index in [4.69, 9.17) is 5.26 Å². The summed E-state index contributed by atoms with van der Waals surface area (Å²) in [5.74, 6) is -0.0280. The Hall–Kier alpha value is -1.08. The topological polar surface area (TPSA) is 64.9 Å². The average molecular weight is 197 g/mol. The second kappa shape index (κ2) is 5.61. The van der Waals surface area contributed by atoms with Crippen LogP contribution in [0.15, 0.2) is 0 Å². The van der Waals surface area contributed by atoms with Gasteiger partial charge in [0, 0.05) is 7.05 Å². The van der Waals surface area contributed by atoms with Gasteiger partial charge in [-0.2, -0.15) is 5.26 Å². The highest BCUT2D eigenvalue weighted by Gasteiger charge is 2.17. The molecule has 4 heteroatoms. The van der Waals surface area contributed by atoms with Crippen LogP contribution in [0.1, 0.15) is 27.2 Å². The molecule has 0 saturated heterocycles. The summed E-state index contributed by atoms with van der Waals surface area (Å²) in [5.41, 5.74) is -0.324. The predicted octanol–water partition coefficient (Wildman–Crippen LogP) is 0.650. The fraction of sp³-hybridized carbons (Fsp3) is 0.800. The van der Waals surface area contributed by atoms with Crippen LogP contribution in [0.25, 0.3) is 0 Å². The minimum atomic E-state index is -0.324. The summed E-state index contributed by atoms with van der Waals surface area (Å²) in [4.78, 5) is 11.1. The Labute approximate surface area is 85.7 Å². The molecule has 2 N–H and O–H groups in total. The molecule has 0 spiro atoms. The van der Waals surface area contributed by atoms with E-state index in [1.54, 1.807) is 14.0 Å². The molecule has 0 aromatic rings. The molecule has 0 aliphatic carbocycles. The van der Waals surface area contributed by atoms with Crippen molar-refractivity contribution in [2.45, 2.75) is 33.2 Å². The SMILES string of the molecule is CNC(=O)C(C)NCCC(C)(C)C#N. The van der Waals surface area contributed by atoms with Crippen molar-refractivity contribution >= 4 is 5.91 Å². The number of nitriles is 1. The predicted molar refractivity (Wildman–Crippen MR) is 55.5 cm³/mol. The van der Waals surface area contributed by atoms with E-state index in [1.165, 1.54) is 0 Å². The van der Waals surface area contributed by atoms with Crippen LogP contribution in [-0.4, -0.2) is 25.5 Å². The van der Waals surface area contributed by atoms with Crippen molar-refractivity contribution < 1.29 is 4.79 Å². The van der Waals surface area contributed by atoms with Crippen molar-refractivity contribution in [3.05, 3.63) is 0 Å². The Kier molecular flexibility index (Phi) is 5.18. The van der Waals surface area contributed by atoms with Gasteiger partial charge in [0.1, 0.15) is 0 Å². The summed E-state index contributed by atoms with van der Waals surface area (Å²) in [5, 5.41) is 14.4. The maximum absolute atomic E-state index is 11.1. The van der Waals surface area contributed by atoms with Gasteiger partial charge in [0.25, 0.3) is 0 Å². The molecule has 0 aromatic heterocycles. The van der Waals surface area contributed by atoms with Crippen molar-refractivity contribution in [3.8, 4) is 6.07 Å². The van der Waals surface area contributed by atoms with Gasteiger partial charge in [-0.25, -0.2) is 0 Å². The molecule has 0 aromatic carbocycles. The molecule has 0 aliphatic rings. The highest BCUT2D eigenvalue weighted by Crippen LogP contribution is 2.17. The maximum Gasteiger partial charge on any atom is 0.236 e. The Morgan fingerprint density at radius 2 is 2.14 bits per heavy atom. The van der Waals surface area contributed by atoms with Crippen LogP contribution in [0.3, 0.4) is 0 Å². The zero-order valence-electron chi connectivity index (χ0n) is 9.35. The standard InChI is InChI=1S/C10H19N3O/c1-8(9(14)12-4)13-6-5-10(2,3)7-11/h8,13H,5-6H2,1-4H3,(H,12,14). The average Bonchev–Trinajstić information content (AvgIpc) is 2.16. The normalized spacial score (nSPS) is 13.1. The molecule has 0 saturated carbocycles. The van der Waals surface area contributed by atoms with E-state index >= 15 is 0 Å². The van der Waals surface area contributed by atoms with Crippen LogP contribution in [0.2, 0.25) is 0 Å². The van der Waals surface area contributed by atoms with E-state index in [0.29, 0.717) is 6.54 Å². The quantitative estimate of drug-likeness (QED) is 0.680. The molecule has 1 atom stereocenters. The lowest BCUT2D eigenvalue weighted by molar-refractivity contribution is -0.122. The monoisotopic (exact) mass is 197 g/mol. The Morgan fingerprint density at radius 1 is 1.57 bits per heavy atom. The molecule has 0 fully saturated rings. The highest BCUT2D eigenvalue weighted by molar-refractivity contribution is 5.80. The number of amides is 1. The van der Waals surface area contributed by atoms with Gasteiger partial charge in [-0.15, -0.1) is 0 Å². The molecule has 80 valence electrons. The number of hydrogen-bond acceptors (Lipinski definition) is 3. The molecule has 0 rings (SSSR count). The summed E-state index contributed by atoms with van der Waals surface area (Å²) >= 11 is 0. The van der Waals surface area contributed by atoms with Crippen LogP contribution >= 0.6 is 0 Å². The number of rotatable bonds is 5. The molecular weight excluding hydrogens is 178 g/mol. The van der Waals surface area contributed by atoms with Crippen molar-refractivity contribution in [1.29, 1.82) is 5.26 Å². The zero-order valence-corrected chi connectivity index (χ0v) is 9.35. The third-order valence-corrected chi connectivity index (χ3v) is 2.14. The first kappa shape index (κ1) is 12.9. The fourth-order valence-corrected chi connectivity index (χ4v) is 0.966. The first-order chi connectivity index (χ1) is 6.43. The number of hydrogen-bond donors (Lipinski definition) is 2. The highest BCUT2D eigenvalue weighted by atomic mass is 16.2. The van der Waals surface area contributed by atoms with Crippen LogP contribution in [0.4, 0.5) is 0 Å². The van der Waals surface area contributed by atoms with Gasteiger partial charge in [-0.05, 0) is 33.7 Å². The summed E-state index contributed by atoms with van der Waals surface area (Å²) in [6.45, 7) is 6.26. The third kappa shape index (κ3) is 4.83. The van der Waals surface area contributed by atoms with Crippen molar-refractivity contribution in [2.24, 2.45) is 5.41 Å². The lowest BCUT2D eigenvalue weighted by Crippen LogP contribution is -2.41. The first-order valence-corrected chi connectivity index (χ1v) is 4.79. The van der Waals surface area contributed by atoms with Crippen molar-refractivity contribution in [2.75, 3.05) is 13.6 Å². The molecule has 14 heavy (non-hydrogen) atoms. The first-order valence-electron chi connectivity index (χ1n) is 4.79. The number of nitrogens with zero attached hydrogens (tertiary/aromatic N) is 1. The molecular formula is C10H19N3O. The van der Waals surface area contributed by atoms with Crippen LogP contribution in [0.5, 0.6) is 0 Å². The van der Waals surface area contributed by atoms with E-state index in [2.05, 4.69) is 16.7 Å². The molecule has 1 unspecified atom stereocenters. The van der Waals surface area contributed by atoms with Gasteiger partial charge in [0.05, 0.1) is 17.5 Å². The number of likely N-dealkylation sites (N-methyl/N-ethyl adjacent to an activating group) is 1. The molecule has 1 amide bonds. The fourth-order valence-electron chi connectivity index (χ4n) is 0.966. The third-order valence-electron chi connectivity index (χ3n) is 2.14. The Morgan fingerprint density at radius 3 is 2.57 bits per heavy atom. The maximum atomic E-state index is 11.1. The summed E-state index contributed by atoms with van der Waals surface area (Å²) in [7, 11) is 1.61. The molecule has 4 nitrogen and oxygen atoms in total. The minimum Gasteiger partial charge on any atom is -0.358 e. The molecule has 0 bridgehead atoms. The van der Waals surface area contributed by atoms with Gasteiger partial charge in [0.2, 0.25) is 5.91 Å². The zero-order chi connectivity index (χ0) is 11.2. The molecule has 0 aliphatic heterocycles. The van der Waals surface area contributed by atoms with Gasteiger partial charge in [-0.3, -0.25) is 4.79 Å². The van der Waals surface area contributed by atoms with Gasteiger partial charge in [-0.1, -0.05) is 0 Å². The molecule has 0 heterocycles. The van der Waals surface area contributed by atoms with Crippen molar-refractivity contribution in [1.82, 2.24) is 10.6 Å². The van der Waals surface area contributed by atoms with E-state index in [0.717, 1.165) is 6.42 Å². The number of nitrogens with one attached hydrogen (secondary N) is 2. The van der Waals surface area contributed by atoms with Gasteiger partial charge < -0.3 is 10.6 Å². The van der Waals surface area contributed by atoms with Crippen molar-refractivity contribution in [3.63, 3.8) is 0 Å². The minimum absolute atomic E-state index is 0.0280. The smallest absolute Gasteiger partial charge is 0.236 e. The van der Waals surface area contributed by atoms with Crippen LogP contribution in [0, 0.1) is 16.7 Å². The largest absolute Gasteiger partial charge is 0.358 e. The number of carbonyl (C=O) groups excluding carboxylic acids is 1. The van der Waals surface area contributed by atoms with Gasteiger partial charge >= 0.3 is 0 Å². The second-order valence-corrected chi connectivity index (χ2v) is 4.04. The summed E-state index contributed by atoms with van der Waals surface area (Å²) in [6.07, 6.45) is 0.741. The van der Waals surface area contributed by atoms with E-state index < -0.39 is 0 Å². The number of carbonyl (C=O) groups is 1. The van der Waals surface area contributed by atoms with Crippen LogP contribution < -0.4 is 10.6 Å². The van der Waals surface area contributed by atoms with Gasteiger partial charge in [0.15, 0.2) is 0 Å². The van der Waals surface area contributed by atoms with E-state index in [1.807, 2.05) is 13.8 Å². The van der Waals surface area contributed by atoms with E-state index in [9.17, 15) is 4.79 Å². The van der Waals surface area contributed by atoms with Crippen LogP contribution in [-0.2, 0) is 4.79 Å². The Bertz CT molecular complexity index is 230. The molecule has 0 radical (unpaired) electrons.